The fraction of sp³-hybridized carbons (Fsp3) is 0.259. The molecule has 3 heterocycles. The minimum Gasteiger partial charge on any atom is -0.459 e. The van der Waals surface area contributed by atoms with Gasteiger partial charge in [0.25, 0.3) is 0 Å². The first-order valence-corrected chi connectivity index (χ1v) is 11.6. The highest BCUT2D eigenvalue weighted by molar-refractivity contribution is 6.08. The van der Waals surface area contributed by atoms with Crippen molar-refractivity contribution in [2.24, 2.45) is 0 Å². The molecule has 0 bridgehead atoms. The first kappa shape index (κ1) is 24.9. The van der Waals surface area contributed by atoms with E-state index in [2.05, 4.69) is 27.0 Å². The molecule has 0 aliphatic rings. The lowest BCUT2D eigenvalue weighted by Gasteiger charge is -2.13. The predicted octanol–water partition coefficient (Wildman–Crippen LogP) is 4.39. The van der Waals surface area contributed by atoms with Crippen LogP contribution in [-0.4, -0.2) is 49.4 Å². The van der Waals surface area contributed by atoms with Crippen LogP contribution in [0.1, 0.15) is 35.3 Å². The average molecular weight is 488 g/mol. The minimum absolute atomic E-state index is 0.0347. The molecule has 1 aromatic carbocycles. The molecule has 0 atom stereocenters. The molecular weight excluding hydrogens is 458 g/mol. The van der Waals surface area contributed by atoms with Crippen LogP contribution in [0.25, 0.3) is 33.4 Å². The highest BCUT2D eigenvalue weighted by Gasteiger charge is 2.23. The fourth-order valence-corrected chi connectivity index (χ4v) is 4.11. The van der Waals surface area contributed by atoms with Crippen molar-refractivity contribution in [3.05, 3.63) is 66.1 Å². The third-order valence-corrected chi connectivity index (χ3v) is 5.87. The van der Waals surface area contributed by atoms with E-state index in [0.29, 0.717) is 23.4 Å². The molecule has 0 aliphatic heterocycles. The number of nitrogens with one attached hydrogen (secondary N) is 2. The number of aromatic nitrogens is 4. The number of ether oxygens (including phenoxy) is 1. The molecule has 3 N–H and O–H groups in total. The maximum absolute atomic E-state index is 12.8. The summed E-state index contributed by atoms with van der Waals surface area (Å²) in [7, 11) is 0. The molecule has 0 saturated carbocycles. The Morgan fingerprint density at radius 2 is 2.03 bits per heavy atom. The van der Waals surface area contributed by atoms with Crippen molar-refractivity contribution in [1.82, 2.24) is 19.7 Å². The Kier molecular flexibility index (Phi) is 7.03. The van der Waals surface area contributed by atoms with Gasteiger partial charge in [0.1, 0.15) is 5.65 Å². The molecule has 186 valence electrons. The molecule has 1 amide bonds. The fourth-order valence-electron chi connectivity index (χ4n) is 4.11. The van der Waals surface area contributed by atoms with E-state index >= 15 is 0 Å². The Labute approximate surface area is 208 Å². The van der Waals surface area contributed by atoms with Gasteiger partial charge in [-0.15, -0.1) is 0 Å². The van der Waals surface area contributed by atoms with Crippen LogP contribution < -0.4 is 5.32 Å². The Bertz CT molecular complexity index is 1460. The van der Waals surface area contributed by atoms with Crippen molar-refractivity contribution in [3.8, 4) is 22.4 Å². The molecule has 4 aromatic rings. The zero-order valence-corrected chi connectivity index (χ0v) is 20.8. The van der Waals surface area contributed by atoms with Gasteiger partial charge in [-0.05, 0) is 56.5 Å². The summed E-state index contributed by atoms with van der Waals surface area (Å²) in [5.41, 5.74) is 6.42. The van der Waals surface area contributed by atoms with Gasteiger partial charge < -0.3 is 20.1 Å². The van der Waals surface area contributed by atoms with Crippen molar-refractivity contribution >= 4 is 28.6 Å². The number of hydrogen-bond acceptors (Lipinski definition) is 6. The topological polar surface area (TPSA) is 122 Å². The maximum atomic E-state index is 12.8. The SMILES string of the molecule is C=CC(=O)Nc1cc(-c2c(-c3cnn(CCO)c3)[nH]c3ncc(C(=O)OC(C)C)c(C)c23)ccc1C. The number of carbonyl (C=O) groups excluding carboxylic acids is 2. The number of rotatable bonds is 8. The summed E-state index contributed by atoms with van der Waals surface area (Å²) >= 11 is 0. The van der Waals surface area contributed by atoms with Gasteiger partial charge in [-0.1, -0.05) is 18.7 Å². The number of aryl methyl sites for hydroxylation is 2. The van der Waals surface area contributed by atoms with Crippen molar-refractivity contribution in [2.75, 3.05) is 11.9 Å². The Hall–Kier alpha value is -4.24. The van der Waals surface area contributed by atoms with Crippen LogP contribution in [0.15, 0.2) is 49.4 Å². The summed E-state index contributed by atoms with van der Waals surface area (Å²) < 4.78 is 7.10. The summed E-state index contributed by atoms with van der Waals surface area (Å²) in [6, 6.07) is 5.77. The number of benzene rings is 1. The number of aliphatic hydroxyl groups is 1. The van der Waals surface area contributed by atoms with E-state index in [4.69, 9.17) is 4.74 Å². The van der Waals surface area contributed by atoms with Crippen LogP contribution >= 0.6 is 0 Å². The maximum Gasteiger partial charge on any atom is 0.340 e. The third kappa shape index (κ3) is 4.78. The monoisotopic (exact) mass is 487 g/mol. The van der Waals surface area contributed by atoms with E-state index in [-0.39, 0.29) is 18.6 Å². The van der Waals surface area contributed by atoms with Gasteiger partial charge in [-0.25, -0.2) is 9.78 Å². The highest BCUT2D eigenvalue weighted by Crippen LogP contribution is 2.41. The second-order valence-corrected chi connectivity index (χ2v) is 8.79. The number of aliphatic hydroxyl groups excluding tert-OH is 1. The molecule has 0 spiro atoms. The number of H-pyrrole nitrogens is 1. The van der Waals surface area contributed by atoms with Gasteiger partial charge in [0.05, 0.1) is 36.7 Å². The van der Waals surface area contributed by atoms with Gasteiger partial charge in [-0.3, -0.25) is 9.48 Å². The Morgan fingerprint density at radius 1 is 1.25 bits per heavy atom. The molecule has 3 aromatic heterocycles. The summed E-state index contributed by atoms with van der Waals surface area (Å²) in [6.45, 7) is 11.2. The summed E-state index contributed by atoms with van der Waals surface area (Å²) in [5, 5.41) is 17.3. The van der Waals surface area contributed by atoms with E-state index in [1.54, 1.807) is 24.7 Å². The molecule has 4 rings (SSSR count). The number of anilines is 1. The van der Waals surface area contributed by atoms with Crippen molar-refractivity contribution in [3.63, 3.8) is 0 Å². The van der Waals surface area contributed by atoms with E-state index in [9.17, 15) is 14.7 Å². The lowest BCUT2D eigenvalue weighted by Crippen LogP contribution is -2.13. The van der Waals surface area contributed by atoms with Crippen LogP contribution in [-0.2, 0) is 16.1 Å². The Balaban J connectivity index is 1.98. The van der Waals surface area contributed by atoms with E-state index < -0.39 is 5.97 Å². The van der Waals surface area contributed by atoms with Crippen LogP contribution in [0, 0.1) is 13.8 Å². The molecule has 9 heteroatoms. The Morgan fingerprint density at radius 3 is 2.72 bits per heavy atom. The molecule has 0 radical (unpaired) electrons. The number of esters is 1. The van der Waals surface area contributed by atoms with Gasteiger partial charge in [0.15, 0.2) is 0 Å². The van der Waals surface area contributed by atoms with Gasteiger partial charge in [-0.2, -0.15) is 5.10 Å². The number of nitrogens with zero attached hydrogens (tertiary/aromatic N) is 3. The van der Waals surface area contributed by atoms with Crippen molar-refractivity contribution in [2.45, 2.75) is 40.3 Å². The first-order valence-electron chi connectivity index (χ1n) is 11.6. The summed E-state index contributed by atoms with van der Waals surface area (Å²) in [6.07, 6.45) is 6.02. The quantitative estimate of drug-likeness (QED) is 0.250. The first-order chi connectivity index (χ1) is 17.2. The van der Waals surface area contributed by atoms with E-state index in [1.165, 1.54) is 12.3 Å². The number of amides is 1. The predicted molar refractivity (Wildman–Crippen MR) is 139 cm³/mol. The lowest BCUT2D eigenvalue weighted by atomic mass is 9.95. The van der Waals surface area contributed by atoms with Crippen molar-refractivity contribution < 1.29 is 19.4 Å². The second-order valence-electron chi connectivity index (χ2n) is 8.79. The van der Waals surface area contributed by atoms with Crippen LogP contribution in [0.2, 0.25) is 0 Å². The minimum atomic E-state index is -0.441. The molecule has 0 fully saturated rings. The lowest BCUT2D eigenvalue weighted by molar-refractivity contribution is -0.111. The standard InChI is InChI=1S/C27H29N5O4/c1-6-22(34)30-21-11-18(8-7-16(21)4)24-23-17(5)20(27(35)36-15(2)3)13-28-26(23)31-25(24)19-12-29-32(14-19)9-10-33/h6-8,11-15,33H,1,9-10H2,2-5H3,(H,28,31)(H,30,34). The van der Waals surface area contributed by atoms with Crippen LogP contribution in [0.3, 0.4) is 0 Å². The molecule has 36 heavy (non-hydrogen) atoms. The number of pyridine rings is 1. The zero-order chi connectivity index (χ0) is 26.0. The molecular formula is C27H29N5O4. The summed E-state index contributed by atoms with van der Waals surface area (Å²) in [4.78, 5) is 32.8. The average Bonchev–Trinajstić information content (AvgIpc) is 3.45. The molecule has 0 saturated heterocycles. The third-order valence-electron chi connectivity index (χ3n) is 5.87. The number of fused-ring (bicyclic) bond motifs is 1. The van der Waals surface area contributed by atoms with Gasteiger partial charge in [0.2, 0.25) is 5.91 Å². The largest absolute Gasteiger partial charge is 0.459 e. The number of hydrogen-bond donors (Lipinski definition) is 3. The van der Waals surface area contributed by atoms with Crippen LogP contribution in [0.4, 0.5) is 5.69 Å². The van der Waals surface area contributed by atoms with Crippen LogP contribution in [0.5, 0.6) is 0 Å². The summed E-state index contributed by atoms with van der Waals surface area (Å²) in [5.74, 6) is -0.750. The van der Waals surface area contributed by atoms with Crippen molar-refractivity contribution in [1.29, 1.82) is 0 Å². The smallest absolute Gasteiger partial charge is 0.340 e. The molecule has 0 unspecified atom stereocenters. The highest BCUT2D eigenvalue weighted by atomic mass is 16.5. The van der Waals surface area contributed by atoms with E-state index in [0.717, 1.165) is 38.9 Å². The molecule has 0 aliphatic carbocycles. The number of carbonyl (C=O) groups is 2. The van der Waals surface area contributed by atoms with Gasteiger partial charge >= 0.3 is 5.97 Å². The molecule has 9 nitrogen and oxygen atoms in total. The zero-order valence-electron chi connectivity index (χ0n) is 20.8. The second kappa shape index (κ2) is 10.2. The normalized spacial score (nSPS) is 11.2. The van der Waals surface area contributed by atoms with Gasteiger partial charge in [0, 0.05) is 34.6 Å². The van der Waals surface area contributed by atoms with E-state index in [1.807, 2.05) is 38.2 Å². The number of aromatic amines is 1.